The largest absolute Gasteiger partial charge is 0.455 e. The lowest BCUT2D eigenvalue weighted by Gasteiger charge is -2.30. The molecule has 7 nitrogen and oxygen atoms in total. The molecule has 0 radical (unpaired) electrons. The lowest BCUT2D eigenvalue weighted by Crippen LogP contribution is -2.25. The minimum absolute atomic E-state index is 0.489. The summed E-state index contributed by atoms with van der Waals surface area (Å²) in [7, 11) is 0. The van der Waals surface area contributed by atoms with E-state index in [0.29, 0.717) is 0 Å². The first kappa shape index (κ1) is 76.4. The van der Waals surface area contributed by atoms with Gasteiger partial charge in [-0.05, 0) is 243 Å². The number of imidazole rings is 1. The molecule has 6 aromatic heterocycles. The van der Waals surface area contributed by atoms with E-state index in [-0.39, 0.29) is 0 Å². The second-order valence-electron chi connectivity index (χ2n) is 37.3. The molecule has 0 N–H and O–H groups in total. The van der Waals surface area contributed by atoms with Gasteiger partial charge in [0.1, 0.15) is 28.2 Å². The number of furan rings is 2. The van der Waals surface area contributed by atoms with Crippen LogP contribution in [0.4, 0.5) is 0 Å². The van der Waals surface area contributed by atoms with Crippen molar-refractivity contribution in [1.82, 2.24) is 24.1 Å². The number of pyridine rings is 2. The van der Waals surface area contributed by atoms with Gasteiger partial charge in [-0.3, -0.25) is 4.57 Å². The number of aromatic nitrogens is 5. The van der Waals surface area contributed by atoms with Crippen LogP contribution >= 0.6 is 0 Å². The first-order chi connectivity index (χ1) is 68.4. The summed E-state index contributed by atoms with van der Waals surface area (Å²) >= 11 is 0. The standard InChI is InChI=1S/C69H42N4.C62H35NO2/c1-2-18-47(19-3-1)73-66-33-17-14-30-63(66)71-68(73)44-36-34-43(35-37-44)45-38-46(40-48(39-45)72-64-31-15-8-24-53(64)54-25-9-16-32-65(54)72)67-57-42-61-56(41-55(57)52-23-7-13-29-62(52)70-67)51-22-6-12-28-60(51)69(61)58-26-10-4-20-49(58)50-21-5-11-27-59(50)69;1-7-25-52-41(15-1)42-16-2-8-26-53(42)62(52)54-27-9-3-17-43(54)50-34-49-44-18-4-10-28-56(44)63-59(51(49)35-55(50)62)38-32-36(39-21-13-23-47-45-19-5-11-29-57(45)64-60(39)47)31-37(33-38)40-22-14-24-48-46-20-6-12-30-58(46)65-61(40)48/h1-42H;1-35H. The SMILES string of the molecule is c1ccc(-n2c(-c3ccc(-c4cc(-c5nc6ccccc6c6cc7c(cc56)C5(c6ccccc6-c6ccccc65)c5ccccc5-7)cc(-n5c6ccccc6c6ccccc65)c4)cc3)nc3ccccc32)cc1.c1ccc2c(c1)-c1ccccc1C21c2ccccc2-c2cc3c(cc21)c(-c1cc(-c2cccc4c2oc2ccccc24)cc(-c2cccc4c2oc2ccccc24)c1)nc1ccccc13. The molecule has 2 spiro atoms. The van der Waals surface area contributed by atoms with Crippen molar-refractivity contribution in [2.24, 2.45) is 0 Å². The fourth-order valence-corrected chi connectivity index (χ4v) is 24.7. The van der Waals surface area contributed by atoms with E-state index in [9.17, 15) is 0 Å². The van der Waals surface area contributed by atoms with E-state index in [1.807, 2.05) is 12.1 Å². The van der Waals surface area contributed by atoms with Gasteiger partial charge >= 0.3 is 0 Å². The number of benzene rings is 21. The first-order valence-electron chi connectivity index (χ1n) is 47.5. The van der Waals surface area contributed by atoms with Crippen LogP contribution in [0, 0.1) is 0 Å². The molecule has 0 saturated heterocycles. The Morgan fingerprint density at radius 2 is 0.514 bits per heavy atom. The van der Waals surface area contributed by atoms with Crippen molar-refractivity contribution in [3.63, 3.8) is 0 Å². The van der Waals surface area contributed by atoms with E-state index < -0.39 is 10.8 Å². The van der Waals surface area contributed by atoms with Crippen LogP contribution in [0.25, 0.3) is 243 Å². The molecule has 7 heteroatoms. The summed E-state index contributed by atoms with van der Waals surface area (Å²) in [6.07, 6.45) is 0. The first-order valence-corrected chi connectivity index (χ1v) is 47.5. The van der Waals surface area contributed by atoms with Crippen molar-refractivity contribution < 1.29 is 8.83 Å². The molecule has 0 fully saturated rings. The molecule has 0 bridgehead atoms. The van der Waals surface area contributed by atoms with Crippen molar-refractivity contribution in [2.45, 2.75) is 10.8 Å². The summed E-state index contributed by atoms with van der Waals surface area (Å²) in [6.45, 7) is 0. The molecule has 138 heavy (non-hydrogen) atoms. The zero-order chi connectivity index (χ0) is 90.2. The summed E-state index contributed by atoms with van der Waals surface area (Å²) < 4.78 is 18.2. The van der Waals surface area contributed by atoms with Crippen molar-refractivity contribution in [2.75, 3.05) is 0 Å². The molecule has 0 amide bonds. The molecule has 0 atom stereocenters. The van der Waals surface area contributed by atoms with Crippen molar-refractivity contribution in [1.29, 1.82) is 0 Å². The molecule has 6 heterocycles. The summed E-state index contributed by atoms with van der Waals surface area (Å²) in [4.78, 5) is 16.6. The van der Waals surface area contributed by atoms with Crippen LogP contribution in [0.3, 0.4) is 0 Å². The fraction of sp³-hybridized carbons (Fsp3) is 0.0153. The summed E-state index contributed by atoms with van der Waals surface area (Å²) in [5, 5.41) is 13.7. The summed E-state index contributed by atoms with van der Waals surface area (Å²) in [6, 6.07) is 171. The maximum Gasteiger partial charge on any atom is 0.145 e. The lowest BCUT2D eigenvalue weighted by molar-refractivity contribution is 0.670. The van der Waals surface area contributed by atoms with Crippen LogP contribution < -0.4 is 0 Å². The Bertz CT molecular complexity index is 9680. The molecule has 638 valence electrons. The van der Waals surface area contributed by atoms with Crippen LogP contribution in [0.15, 0.2) is 476 Å². The molecule has 27 aromatic rings. The Balaban J connectivity index is 0.000000131. The van der Waals surface area contributed by atoms with Crippen LogP contribution in [0.1, 0.15) is 44.5 Å². The van der Waals surface area contributed by atoms with Gasteiger partial charge in [-0.15, -0.1) is 0 Å². The average Bonchev–Trinajstić information content (AvgIpc) is 1.51. The van der Waals surface area contributed by atoms with Gasteiger partial charge in [0, 0.05) is 93.1 Å². The van der Waals surface area contributed by atoms with Gasteiger partial charge in [0.15, 0.2) is 0 Å². The van der Waals surface area contributed by atoms with E-state index in [0.717, 1.165) is 177 Å². The highest BCUT2D eigenvalue weighted by atomic mass is 16.3. The number of para-hydroxylation sites is 11. The zero-order valence-corrected chi connectivity index (χ0v) is 74.5. The lowest BCUT2D eigenvalue weighted by atomic mass is 9.70. The number of hydrogen-bond donors (Lipinski definition) is 0. The van der Waals surface area contributed by atoms with Crippen LogP contribution in [-0.2, 0) is 10.8 Å². The minimum Gasteiger partial charge on any atom is -0.455 e. The van der Waals surface area contributed by atoms with Gasteiger partial charge in [0.2, 0.25) is 0 Å². The van der Waals surface area contributed by atoms with Gasteiger partial charge in [-0.1, -0.05) is 346 Å². The van der Waals surface area contributed by atoms with Crippen LogP contribution in [-0.4, -0.2) is 24.1 Å². The Labute approximate surface area is 793 Å². The smallest absolute Gasteiger partial charge is 0.145 e. The third kappa shape index (κ3) is 10.7. The second kappa shape index (κ2) is 29.2. The fourth-order valence-electron chi connectivity index (χ4n) is 24.7. The molecule has 0 saturated carbocycles. The second-order valence-corrected chi connectivity index (χ2v) is 37.3. The molecule has 4 aliphatic rings. The Kier molecular flexibility index (Phi) is 16.1. The maximum absolute atomic E-state index is 6.73. The average molecular weight is 1750 g/mol. The molecule has 21 aromatic carbocycles. The van der Waals surface area contributed by atoms with Gasteiger partial charge < -0.3 is 13.4 Å². The van der Waals surface area contributed by atoms with Crippen molar-refractivity contribution in [3.05, 3.63) is 512 Å². The highest BCUT2D eigenvalue weighted by molar-refractivity contribution is 6.19. The summed E-state index contributed by atoms with van der Waals surface area (Å²) in [5.74, 6) is 0.908. The number of nitrogens with zero attached hydrogens (tertiary/aromatic N) is 5. The predicted octanol–water partition coefficient (Wildman–Crippen LogP) is 33.7. The monoisotopic (exact) mass is 1750 g/mol. The summed E-state index contributed by atoms with van der Waals surface area (Å²) in [5.41, 5.74) is 43.1. The normalized spacial score (nSPS) is 13.2. The number of rotatable bonds is 8. The van der Waals surface area contributed by atoms with Crippen LogP contribution in [0.2, 0.25) is 0 Å². The number of fused-ring (bicyclic) bond motifs is 36. The van der Waals surface area contributed by atoms with Crippen molar-refractivity contribution in [3.8, 4) is 123 Å². The third-order valence-electron chi connectivity index (χ3n) is 30.4. The molecular weight excluding hydrogens is 1680 g/mol. The topological polar surface area (TPSA) is 74.8 Å². The van der Waals surface area contributed by atoms with Crippen molar-refractivity contribution >= 4 is 120 Å². The van der Waals surface area contributed by atoms with Crippen LogP contribution in [0.5, 0.6) is 0 Å². The number of hydrogen-bond acceptors (Lipinski definition) is 5. The predicted molar refractivity (Wildman–Crippen MR) is 567 cm³/mol. The zero-order valence-electron chi connectivity index (χ0n) is 74.5. The van der Waals surface area contributed by atoms with E-state index in [4.69, 9.17) is 23.8 Å². The molecule has 0 aliphatic heterocycles. The van der Waals surface area contributed by atoms with E-state index in [2.05, 4.69) is 464 Å². The Morgan fingerprint density at radius 1 is 0.174 bits per heavy atom. The quantitative estimate of drug-likeness (QED) is 0.142. The molecule has 31 rings (SSSR count). The Hall–Kier alpha value is -18.2. The highest BCUT2D eigenvalue weighted by Crippen LogP contribution is 2.66. The highest BCUT2D eigenvalue weighted by Gasteiger charge is 2.54. The minimum atomic E-state index is -0.491. The molecular formula is C131H77N5O2. The molecule has 4 aliphatic carbocycles. The van der Waals surface area contributed by atoms with E-state index in [1.54, 1.807) is 0 Å². The van der Waals surface area contributed by atoms with Gasteiger partial charge in [-0.2, -0.15) is 0 Å². The maximum atomic E-state index is 6.73. The van der Waals surface area contributed by atoms with E-state index in [1.165, 1.54) is 111 Å². The van der Waals surface area contributed by atoms with Gasteiger partial charge in [0.25, 0.3) is 0 Å². The van der Waals surface area contributed by atoms with Gasteiger partial charge in [-0.25, -0.2) is 15.0 Å². The third-order valence-corrected chi connectivity index (χ3v) is 30.4. The molecule has 0 unspecified atom stereocenters. The van der Waals surface area contributed by atoms with E-state index >= 15 is 0 Å². The van der Waals surface area contributed by atoms with Gasteiger partial charge in [0.05, 0.1) is 55.3 Å². The Morgan fingerprint density at radius 3 is 0.986 bits per heavy atom.